The lowest BCUT2D eigenvalue weighted by Gasteiger charge is -2.28. The zero-order chi connectivity index (χ0) is 21.8. The lowest BCUT2D eigenvalue weighted by Crippen LogP contribution is -2.38. The van der Waals surface area contributed by atoms with Gasteiger partial charge in [-0.05, 0) is 55.1 Å². The number of halogens is 2. The molecule has 1 N–H and O–H groups in total. The van der Waals surface area contributed by atoms with Crippen molar-refractivity contribution in [3.8, 4) is 0 Å². The second-order valence-electron chi connectivity index (χ2n) is 7.08. The van der Waals surface area contributed by atoms with E-state index in [2.05, 4.69) is 4.90 Å². The maximum atomic E-state index is 13.5. The molecular weight excluding hydrogens is 390 g/mol. The Hall–Kier alpha value is -3.06. The van der Waals surface area contributed by atoms with Gasteiger partial charge in [0.05, 0.1) is 11.6 Å². The lowest BCUT2D eigenvalue weighted by atomic mass is 9.95. The highest BCUT2D eigenvalue weighted by Gasteiger charge is 2.45. The second-order valence-corrected chi connectivity index (χ2v) is 7.08. The normalized spacial score (nSPS) is 18.4. The van der Waals surface area contributed by atoms with Crippen molar-refractivity contribution in [2.24, 2.45) is 0 Å². The smallest absolute Gasteiger partial charge is 0.295 e. The van der Waals surface area contributed by atoms with Crippen molar-refractivity contribution >= 4 is 17.4 Å². The van der Waals surface area contributed by atoms with E-state index in [-0.39, 0.29) is 23.4 Å². The quantitative estimate of drug-likeness (QED) is 0.426. The molecule has 30 heavy (non-hydrogen) atoms. The minimum absolute atomic E-state index is 0.0854. The maximum Gasteiger partial charge on any atom is 0.295 e. The van der Waals surface area contributed by atoms with Crippen LogP contribution in [0.4, 0.5) is 8.78 Å². The van der Waals surface area contributed by atoms with Gasteiger partial charge in [0.15, 0.2) is 0 Å². The van der Waals surface area contributed by atoms with E-state index in [1.807, 2.05) is 13.8 Å². The first-order valence-electron chi connectivity index (χ1n) is 9.89. The molecule has 7 heteroatoms. The Bertz CT molecular complexity index is 951. The van der Waals surface area contributed by atoms with Crippen molar-refractivity contribution in [1.82, 2.24) is 9.80 Å². The number of ketones is 1. The van der Waals surface area contributed by atoms with Gasteiger partial charge in [-0.3, -0.25) is 9.59 Å². The van der Waals surface area contributed by atoms with Crippen LogP contribution >= 0.6 is 0 Å². The number of carbonyl (C=O) groups is 2. The Balaban J connectivity index is 2.08. The van der Waals surface area contributed by atoms with Gasteiger partial charge >= 0.3 is 0 Å². The first-order valence-corrected chi connectivity index (χ1v) is 9.89. The van der Waals surface area contributed by atoms with Crippen LogP contribution in [0.2, 0.25) is 0 Å². The fraction of sp³-hybridized carbons (Fsp3) is 0.304. The molecule has 0 unspecified atom stereocenters. The maximum absolute atomic E-state index is 13.5. The summed E-state index contributed by atoms with van der Waals surface area (Å²) in [5.74, 6) is -2.85. The molecule has 2 aromatic carbocycles. The predicted molar refractivity (Wildman–Crippen MR) is 110 cm³/mol. The molecule has 1 heterocycles. The molecule has 0 radical (unpaired) electrons. The van der Waals surface area contributed by atoms with Gasteiger partial charge in [0, 0.05) is 18.7 Å². The molecule has 0 bridgehead atoms. The predicted octanol–water partition coefficient (Wildman–Crippen LogP) is 3.73. The van der Waals surface area contributed by atoms with E-state index >= 15 is 0 Å². The number of amides is 1. The first-order chi connectivity index (χ1) is 14.4. The molecule has 2 aromatic rings. The molecule has 3 rings (SSSR count). The van der Waals surface area contributed by atoms with Gasteiger partial charge < -0.3 is 14.9 Å². The average molecular weight is 414 g/mol. The molecule has 1 amide bonds. The molecule has 1 aliphatic heterocycles. The van der Waals surface area contributed by atoms with Crippen LogP contribution in [0.5, 0.6) is 0 Å². The van der Waals surface area contributed by atoms with Crippen molar-refractivity contribution < 1.29 is 23.5 Å². The van der Waals surface area contributed by atoms with Gasteiger partial charge in [-0.15, -0.1) is 0 Å². The Morgan fingerprint density at radius 3 is 2.03 bits per heavy atom. The third-order valence-corrected chi connectivity index (χ3v) is 5.39. The monoisotopic (exact) mass is 414 g/mol. The van der Waals surface area contributed by atoms with E-state index in [9.17, 15) is 23.5 Å². The number of nitrogens with zero attached hydrogens (tertiary/aromatic N) is 2. The number of benzene rings is 2. The Morgan fingerprint density at radius 1 is 0.967 bits per heavy atom. The number of carbonyl (C=O) groups excluding carboxylic acids is 2. The Labute approximate surface area is 174 Å². The summed E-state index contributed by atoms with van der Waals surface area (Å²) >= 11 is 0. The van der Waals surface area contributed by atoms with Gasteiger partial charge in [0.25, 0.3) is 11.7 Å². The summed E-state index contributed by atoms with van der Waals surface area (Å²) in [5.41, 5.74) is 0.654. The van der Waals surface area contributed by atoms with Crippen LogP contribution in [0.15, 0.2) is 54.1 Å². The number of Topliss-reactive ketones (excluding diaryl/α,β-unsaturated/α-hetero) is 1. The summed E-state index contributed by atoms with van der Waals surface area (Å²) in [6.45, 7) is 6.41. The molecule has 0 spiro atoms. The number of hydrogen-bond acceptors (Lipinski definition) is 4. The number of hydrogen-bond donors (Lipinski definition) is 1. The van der Waals surface area contributed by atoms with Gasteiger partial charge in [-0.25, -0.2) is 8.78 Å². The van der Waals surface area contributed by atoms with Crippen LogP contribution in [0.3, 0.4) is 0 Å². The van der Waals surface area contributed by atoms with Crippen LogP contribution < -0.4 is 0 Å². The molecule has 1 fully saturated rings. The summed E-state index contributed by atoms with van der Waals surface area (Å²) < 4.78 is 26.8. The molecule has 5 nitrogen and oxygen atoms in total. The van der Waals surface area contributed by atoms with Gasteiger partial charge in [-0.1, -0.05) is 26.0 Å². The van der Waals surface area contributed by atoms with Gasteiger partial charge in [0.2, 0.25) is 0 Å². The molecule has 1 saturated heterocycles. The highest BCUT2D eigenvalue weighted by Crippen LogP contribution is 2.39. The van der Waals surface area contributed by atoms with Gasteiger partial charge in [0.1, 0.15) is 17.4 Å². The number of aliphatic hydroxyl groups excluding tert-OH is 1. The summed E-state index contributed by atoms with van der Waals surface area (Å²) in [7, 11) is 0. The molecule has 0 saturated carbocycles. The molecule has 1 aliphatic rings. The van der Waals surface area contributed by atoms with Crippen molar-refractivity contribution in [3.63, 3.8) is 0 Å². The van der Waals surface area contributed by atoms with Crippen molar-refractivity contribution in [3.05, 3.63) is 76.9 Å². The van der Waals surface area contributed by atoms with Crippen molar-refractivity contribution in [2.45, 2.75) is 19.9 Å². The van der Waals surface area contributed by atoms with E-state index in [4.69, 9.17) is 0 Å². The average Bonchev–Trinajstić information content (AvgIpc) is 3.00. The van der Waals surface area contributed by atoms with Crippen molar-refractivity contribution in [1.29, 1.82) is 0 Å². The third kappa shape index (κ3) is 4.26. The number of likely N-dealkylation sites (N-methyl/N-ethyl adjacent to an activating group) is 1. The topological polar surface area (TPSA) is 60.9 Å². The van der Waals surface area contributed by atoms with Crippen molar-refractivity contribution in [2.75, 3.05) is 26.2 Å². The molecule has 0 aromatic heterocycles. The van der Waals surface area contributed by atoms with E-state index in [1.165, 1.54) is 53.4 Å². The fourth-order valence-electron chi connectivity index (χ4n) is 3.65. The highest BCUT2D eigenvalue weighted by atomic mass is 19.1. The molecular formula is C23H24F2N2O3. The fourth-order valence-corrected chi connectivity index (χ4v) is 3.65. The number of rotatable bonds is 7. The van der Waals surface area contributed by atoms with Crippen LogP contribution in [0.1, 0.15) is 31.0 Å². The molecule has 1 atom stereocenters. The zero-order valence-electron chi connectivity index (χ0n) is 16.9. The SMILES string of the molecule is CCN(CC)CCN1C(=O)C(=O)/C(=C(/O)c2ccc(F)cc2)[C@H]1c1ccc(F)cc1. The summed E-state index contributed by atoms with van der Waals surface area (Å²) in [6, 6.07) is 9.64. The van der Waals surface area contributed by atoms with Crippen LogP contribution in [0.25, 0.3) is 5.76 Å². The van der Waals surface area contributed by atoms with Crippen LogP contribution in [0, 0.1) is 11.6 Å². The number of likely N-dealkylation sites (tertiary alicyclic amines) is 1. The van der Waals surface area contributed by atoms with E-state index in [0.717, 1.165) is 13.1 Å². The zero-order valence-corrected chi connectivity index (χ0v) is 16.9. The third-order valence-electron chi connectivity index (χ3n) is 5.39. The highest BCUT2D eigenvalue weighted by molar-refractivity contribution is 6.46. The number of aliphatic hydroxyl groups is 1. The lowest BCUT2D eigenvalue weighted by molar-refractivity contribution is -0.140. The summed E-state index contributed by atoms with van der Waals surface area (Å²) in [4.78, 5) is 29.2. The Morgan fingerprint density at radius 2 is 1.50 bits per heavy atom. The van der Waals surface area contributed by atoms with E-state index in [0.29, 0.717) is 12.1 Å². The molecule has 158 valence electrons. The van der Waals surface area contributed by atoms with Crippen LogP contribution in [-0.4, -0.2) is 52.8 Å². The van der Waals surface area contributed by atoms with E-state index < -0.39 is 29.4 Å². The standard InChI is InChI=1S/C23H24F2N2O3/c1-3-26(4-2)13-14-27-20(15-5-9-17(24)10-6-15)19(22(29)23(27)30)21(28)16-7-11-18(25)12-8-16/h5-12,20,28H,3-4,13-14H2,1-2H3/b21-19+/t20-/m1/s1. The summed E-state index contributed by atoms with van der Waals surface area (Å²) in [6.07, 6.45) is 0. The molecule has 0 aliphatic carbocycles. The van der Waals surface area contributed by atoms with Crippen LogP contribution in [-0.2, 0) is 9.59 Å². The Kier molecular flexibility index (Phi) is 6.62. The largest absolute Gasteiger partial charge is 0.507 e. The minimum atomic E-state index is -0.855. The van der Waals surface area contributed by atoms with E-state index in [1.54, 1.807) is 0 Å². The second kappa shape index (κ2) is 9.17. The minimum Gasteiger partial charge on any atom is -0.507 e. The van der Waals surface area contributed by atoms with Gasteiger partial charge in [-0.2, -0.15) is 0 Å². The summed E-state index contributed by atoms with van der Waals surface area (Å²) in [5, 5.41) is 10.8. The first kappa shape index (κ1) is 21.6.